The third kappa shape index (κ3) is 3.81. The van der Waals surface area contributed by atoms with Gasteiger partial charge in [0, 0.05) is 23.9 Å². The maximum absolute atomic E-state index is 12.4. The number of benzene rings is 2. The molecule has 0 atom stereocenters. The molecule has 0 radical (unpaired) electrons. The zero-order valence-electron chi connectivity index (χ0n) is 13.2. The van der Waals surface area contributed by atoms with Crippen LogP contribution >= 0.6 is 12.2 Å². The number of nitrogens with one attached hydrogen (secondary N) is 4. The first-order valence-corrected chi connectivity index (χ1v) is 7.78. The zero-order valence-corrected chi connectivity index (χ0v) is 14.0. The van der Waals surface area contributed by atoms with E-state index in [0.717, 1.165) is 0 Å². The number of carbonyl (C=O) groups is 2. The molecule has 25 heavy (non-hydrogen) atoms. The van der Waals surface area contributed by atoms with Gasteiger partial charge in [-0.15, -0.1) is 0 Å². The summed E-state index contributed by atoms with van der Waals surface area (Å²) in [6.45, 7) is 1.41. The van der Waals surface area contributed by atoms with Gasteiger partial charge in [-0.1, -0.05) is 6.07 Å². The Labute approximate surface area is 147 Å². The van der Waals surface area contributed by atoms with Crippen LogP contribution in [0.15, 0.2) is 47.3 Å². The minimum atomic E-state index is -0.346. The second kappa shape index (κ2) is 6.70. The van der Waals surface area contributed by atoms with Crippen molar-refractivity contribution in [1.82, 2.24) is 9.97 Å². The summed E-state index contributed by atoms with van der Waals surface area (Å²) in [6.07, 6.45) is 0. The summed E-state index contributed by atoms with van der Waals surface area (Å²) in [4.78, 5) is 40.7. The molecule has 0 saturated carbocycles. The van der Waals surface area contributed by atoms with Gasteiger partial charge in [0.2, 0.25) is 5.91 Å². The summed E-state index contributed by atoms with van der Waals surface area (Å²) in [5.74, 6) is -0.542. The van der Waals surface area contributed by atoms with Gasteiger partial charge in [0.15, 0.2) is 4.77 Å². The van der Waals surface area contributed by atoms with E-state index in [9.17, 15) is 14.4 Å². The van der Waals surface area contributed by atoms with Crippen molar-refractivity contribution in [2.75, 3.05) is 10.6 Å². The lowest BCUT2D eigenvalue weighted by atomic mass is 10.1. The normalized spacial score (nSPS) is 10.4. The van der Waals surface area contributed by atoms with E-state index < -0.39 is 0 Å². The molecule has 0 aliphatic carbocycles. The van der Waals surface area contributed by atoms with Crippen molar-refractivity contribution in [1.29, 1.82) is 0 Å². The van der Waals surface area contributed by atoms with Crippen molar-refractivity contribution in [2.45, 2.75) is 6.92 Å². The molecule has 0 saturated heterocycles. The summed E-state index contributed by atoms with van der Waals surface area (Å²) < 4.78 is 0.193. The van der Waals surface area contributed by atoms with E-state index >= 15 is 0 Å². The fraction of sp³-hybridized carbons (Fsp3) is 0.0588. The number of anilines is 2. The molecule has 1 aromatic heterocycles. The molecule has 3 rings (SSSR count). The third-order valence-electron chi connectivity index (χ3n) is 3.44. The van der Waals surface area contributed by atoms with E-state index in [4.69, 9.17) is 12.2 Å². The predicted octanol–water partition coefficient (Wildman–Crippen LogP) is 2.80. The Morgan fingerprint density at radius 1 is 1.00 bits per heavy atom. The summed E-state index contributed by atoms with van der Waals surface area (Å²) in [6, 6.07) is 11.5. The van der Waals surface area contributed by atoms with Crippen LogP contribution in [-0.2, 0) is 4.79 Å². The molecule has 0 fully saturated rings. The third-order valence-corrected chi connectivity index (χ3v) is 3.65. The van der Waals surface area contributed by atoms with E-state index in [1.165, 1.54) is 6.92 Å². The molecule has 0 bridgehead atoms. The summed E-state index contributed by atoms with van der Waals surface area (Å²) in [7, 11) is 0. The first-order chi connectivity index (χ1) is 11.9. The number of fused-ring (bicyclic) bond motifs is 1. The number of H-pyrrole nitrogens is 2. The molecule has 0 aliphatic heterocycles. The number of amides is 2. The Bertz CT molecular complexity index is 1100. The first kappa shape index (κ1) is 16.6. The van der Waals surface area contributed by atoms with Crippen LogP contribution in [0.1, 0.15) is 17.3 Å². The van der Waals surface area contributed by atoms with E-state index in [0.29, 0.717) is 27.8 Å². The highest BCUT2D eigenvalue weighted by atomic mass is 32.1. The molecule has 2 aromatic carbocycles. The van der Waals surface area contributed by atoms with Gasteiger partial charge in [0.25, 0.3) is 11.5 Å². The van der Waals surface area contributed by atoms with Crippen LogP contribution in [-0.4, -0.2) is 21.8 Å². The maximum atomic E-state index is 12.4. The minimum Gasteiger partial charge on any atom is -0.332 e. The largest absolute Gasteiger partial charge is 0.332 e. The van der Waals surface area contributed by atoms with Gasteiger partial charge in [-0.05, 0) is 48.6 Å². The monoisotopic (exact) mass is 354 g/mol. The molecule has 0 aliphatic rings. The maximum Gasteiger partial charge on any atom is 0.259 e. The predicted molar refractivity (Wildman–Crippen MR) is 98.5 cm³/mol. The second-order valence-electron chi connectivity index (χ2n) is 5.38. The van der Waals surface area contributed by atoms with Gasteiger partial charge in [-0.2, -0.15) is 0 Å². The van der Waals surface area contributed by atoms with Crippen molar-refractivity contribution in [2.24, 2.45) is 0 Å². The fourth-order valence-corrected chi connectivity index (χ4v) is 2.59. The van der Waals surface area contributed by atoms with Crippen LogP contribution in [0, 0.1) is 4.77 Å². The van der Waals surface area contributed by atoms with Crippen LogP contribution in [0.2, 0.25) is 0 Å². The van der Waals surface area contributed by atoms with Crippen molar-refractivity contribution in [3.8, 4) is 0 Å². The average Bonchev–Trinajstić information content (AvgIpc) is 2.53. The number of aromatic amines is 2. The second-order valence-corrected chi connectivity index (χ2v) is 5.79. The molecule has 126 valence electrons. The summed E-state index contributed by atoms with van der Waals surface area (Å²) in [5.41, 5.74) is 1.66. The van der Waals surface area contributed by atoms with Crippen molar-refractivity contribution in [3.05, 3.63) is 63.2 Å². The summed E-state index contributed by atoms with van der Waals surface area (Å²) >= 11 is 4.94. The molecule has 4 N–H and O–H groups in total. The Morgan fingerprint density at radius 2 is 1.72 bits per heavy atom. The fourth-order valence-electron chi connectivity index (χ4n) is 2.39. The molecule has 2 amide bonds. The number of rotatable bonds is 3. The van der Waals surface area contributed by atoms with Gasteiger partial charge < -0.3 is 15.6 Å². The molecule has 7 nitrogen and oxygen atoms in total. The van der Waals surface area contributed by atoms with E-state index in [2.05, 4.69) is 20.6 Å². The number of aromatic nitrogens is 2. The van der Waals surface area contributed by atoms with Crippen LogP contribution < -0.4 is 16.2 Å². The lowest BCUT2D eigenvalue weighted by Gasteiger charge is -2.08. The van der Waals surface area contributed by atoms with Crippen molar-refractivity contribution < 1.29 is 9.59 Å². The van der Waals surface area contributed by atoms with Gasteiger partial charge in [-0.3, -0.25) is 19.4 Å². The molecule has 1 heterocycles. The standard InChI is InChI=1S/C17H14N4O3S/c1-9(22)18-11-3-2-4-12(8-11)19-15(23)10-5-6-13-14(7-10)20-17(25)21-16(13)24/h2-8H,1H3,(H,18,22)(H,19,23)(H2,20,21,24,25). The number of hydrogen-bond acceptors (Lipinski definition) is 4. The molecule has 0 unspecified atom stereocenters. The Balaban J connectivity index is 1.89. The smallest absolute Gasteiger partial charge is 0.259 e. The van der Waals surface area contributed by atoms with Crippen molar-refractivity contribution in [3.63, 3.8) is 0 Å². The van der Waals surface area contributed by atoms with Crippen LogP contribution in [0.25, 0.3) is 10.9 Å². The number of hydrogen-bond donors (Lipinski definition) is 4. The average molecular weight is 354 g/mol. The van der Waals surface area contributed by atoms with E-state index in [1.807, 2.05) is 0 Å². The SMILES string of the molecule is CC(=O)Nc1cccc(NC(=O)c2ccc3c(=O)[nH]c(=S)[nH]c3c2)c1. The molecule has 3 aromatic rings. The highest BCUT2D eigenvalue weighted by Crippen LogP contribution is 2.17. The van der Waals surface area contributed by atoms with Crippen LogP contribution in [0.5, 0.6) is 0 Å². The number of carbonyl (C=O) groups excluding carboxylic acids is 2. The molecular formula is C17H14N4O3S. The van der Waals surface area contributed by atoms with Gasteiger partial charge in [-0.25, -0.2) is 0 Å². The first-order valence-electron chi connectivity index (χ1n) is 7.38. The highest BCUT2D eigenvalue weighted by Gasteiger charge is 2.09. The topological polar surface area (TPSA) is 107 Å². The highest BCUT2D eigenvalue weighted by molar-refractivity contribution is 7.71. The Hall–Kier alpha value is -3.26. The summed E-state index contributed by atoms with van der Waals surface area (Å²) in [5, 5.41) is 5.81. The minimum absolute atomic E-state index is 0.193. The Kier molecular flexibility index (Phi) is 4.44. The molecule has 0 spiro atoms. The van der Waals surface area contributed by atoms with Gasteiger partial charge >= 0.3 is 0 Å². The molecular weight excluding hydrogens is 340 g/mol. The van der Waals surface area contributed by atoms with Gasteiger partial charge in [0.05, 0.1) is 10.9 Å². The lowest BCUT2D eigenvalue weighted by Crippen LogP contribution is -2.14. The zero-order chi connectivity index (χ0) is 18.0. The van der Waals surface area contributed by atoms with E-state index in [1.54, 1.807) is 42.5 Å². The lowest BCUT2D eigenvalue weighted by molar-refractivity contribution is -0.114. The Morgan fingerprint density at radius 3 is 2.44 bits per heavy atom. The van der Waals surface area contributed by atoms with Crippen LogP contribution in [0.4, 0.5) is 11.4 Å². The van der Waals surface area contributed by atoms with E-state index in [-0.39, 0.29) is 22.1 Å². The van der Waals surface area contributed by atoms with Gasteiger partial charge in [0.1, 0.15) is 0 Å². The van der Waals surface area contributed by atoms with Crippen molar-refractivity contribution >= 4 is 46.3 Å². The van der Waals surface area contributed by atoms with Crippen LogP contribution in [0.3, 0.4) is 0 Å². The molecule has 8 heteroatoms. The quantitative estimate of drug-likeness (QED) is 0.543.